The second kappa shape index (κ2) is 6.10. The number of pyridine rings is 1. The summed E-state index contributed by atoms with van der Waals surface area (Å²) in [6.45, 7) is 3.03. The van der Waals surface area contributed by atoms with Gasteiger partial charge in [-0.1, -0.05) is 6.92 Å². The number of carboxylic acid groups (broad SMARTS) is 1. The molecule has 0 aromatic carbocycles. The first-order chi connectivity index (χ1) is 10.3. The second-order valence-corrected chi connectivity index (χ2v) is 4.87. The molecule has 0 aliphatic carbocycles. The van der Waals surface area contributed by atoms with Crippen LogP contribution < -0.4 is 5.32 Å². The predicted octanol–water partition coefficient (Wildman–Crippen LogP) is 0.600. The summed E-state index contributed by atoms with van der Waals surface area (Å²) in [7, 11) is 0. The molecule has 7 nitrogen and oxygen atoms in total. The minimum absolute atomic E-state index is 0.0592. The summed E-state index contributed by atoms with van der Waals surface area (Å²) >= 11 is 0. The first-order valence-corrected chi connectivity index (χ1v) is 6.73. The van der Waals surface area contributed by atoms with Gasteiger partial charge in [0.25, 0.3) is 5.91 Å². The van der Waals surface area contributed by atoms with E-state index in [1.165, 1.54) is 23.5 Å². The van der Waals surface area contributed by atoms with Crippen molar-refractivity contribution in [2.24, 2.45) is 0 Å². The third-order valence-corrected chi connectivity index (χ3v) is 3.24. The Morgan fingerprint density at radius 1 is 1.45 bits per heavy atom. The molecule has 8 heteroatoms. The zero-order chi connectivity index (χ0) is 16.4. The molecule has 1 amide bonds. The van der Waals surface area contributed by atoms with E-state index < -0.39 is 29.8 Å². The maximum atomic E-state index is 13.4. The predicted molar refractivity (Wildman–Crippen MR) is 75.1 cm³/mol. The highest BCUT2D eigenvalue weighted by atomic mass is 19.1. The summed E-state index contributed by atoms with van der Waals surface area (Å²) in [5, 5.41) is 20.7. The molecule has 0 saturated carbocycles. The molecule has 118 valence electrons. The van der Waals surface area contributed by atoms with E-state index in [9.17, 15) is 19.1 Å². The number of halogens is 1. The number of nitrogens with one attached hydrogen (secondary N) is 1. The Balaban J connectivity index is 2.46. The number of nitrogens with zero attached hydrogens (tertiary/aromatic N) is 2. The lowest BCUT2D eigenvalue weighted by Gasteiger charge is -2.17. The van der Waals surface area contributed by atoms with Gasteiger partial charge in [0.05, 0.1) is 11.8 Å². The number of amides is 1. The molecule has 0 saturated heterocycles. The van der Waals surface area contributed by atoms with E-state index in [0.717, 1.165) is 6.20 Å². The fourth-order valence-corrected chi connectivity index (χ4v) is 2.15. The van der Waals surface area contributed by atoms with Gasteiger partial charge in [-0.3, -0.25) is 9.20 Å². The van der Waals surface area contributed by atoms with Crippen molar-refractivity contribution >= 4 is 17.5 Å². The average molecular weight is 309 g/mol. The summed E-state index contributed by atoms with van der Waals surface area (Å²) in [5.74, 6) is -2.64. The number of carbonyl (C=O) groups is 2. The molecule has 2 aromatic rings. The second-order valence-electron chi connectivity index (χ2n) is 4.87. The SMILES string of the molecule is CCc1nc2ccc(F)cn2c1C(=O)NC(C(=O)O)C(C)O. The first kappa shape index (κ1) is 15.9. The number of hydrogen-bond donors (Lipinski definition) is 3. The third kappa shape index (κ3) is 2.91. The lowest BCUT2D eigenvalue weighted by molar-refractivity contribution is -0.141. The van der Waals surface area contributed by atoms with Crippen LogP contribution in [0.2, 0.25) is 0 Å². The van der Waals surface area contributed by atoms with Crippen LogP contribution in [0.1, 0.15) is 30.0 Å². The number of aliphatic hydroxyl groups is 1. The normalized spacial score (nSPS) is 13.8. The Kier molecular flexibility index (Phi) is 4.41. The lowest BCUT2D eigenvalue weighted by Crippen LogP contribution is -2.48. The molecule has 2 unspecified atom stereocenters. The zero-order valence-electron chi connectivity index (χ0n) is 12.1. The maximum Gasteiger partial charge on any atom is 0.328 e. The minimum atomic E-state index is -1.46. The van der Waals surface area contributed by atoms with Crippen LogP contribution in [0.4, 0.5) is 4.39 Å². The number of rotatable bonds is 5. The average Bonchev–Trinajstić information content (AvgIpc) is 2.81. The summed E-state index contributed by atoms with van der Waals surface area (Å²) in [6, 6.07) is 1.19. The molecule has 0 aliphatic heterocycles. The van der Waals surface area contributed by atoms with Gasteiger partial charge in [0.2, 0.25) is 0 Å². The van der Waals surface area contributed by atoms with Crippen molar-refractivity contribution in [3.8, 4) is 0 Å². The molecule has 2 atom stereocenters. The third-order valence-electron chi connectivity index (χ3n) is 3.24. The monoisotopic (exact) mass is 309 g/mol. The van der Waals surface area contributed by atoms with Gasteiger partial charge >= 0.3 is 5.97 Å². The maximum absolute atomic E-state index is 13.4. The summed E-state index contributed by atoms with van der Waals surface area (Å²) < 4.78 is 14.7. The molecule has 2 aromatic heterocycles. The van der Waals surface area contributed by atoms with E-state index in [-0.39, 0.29) is 5.69 Å². The number of imidazole rings is 1. The molecule has 0 fully saturated rings. The minimum Gasteiger partial charge on any atom is -0.480 e. The number of fused-ring (bicyclic) bond motifs is 1. The fourth-order valence-electron chi connectivity index (χ4n) is 2.15. The van der Waals surface area contributed by atoms with Crippen molar-refractivity contribution in [2.75, 3.05) is 0 Å². The summed E-state index contributed by atoms with van der Waals surface area (Å²) in [6.07, 6.45) is 0.245. The highest BCUT2D eigenvalue weighted by molar-refractivity contribution is 5.97. The molecule has 3 N–H and O–H groups in total. The van der Waals surface area contributed by atoms with Crippen molar-refractivity contribution in [1.29, 1.82) is 0 Å². The van der Waals surface area contributed by atoms with Crippen molar-refractivity contribution in [1.82, 2.24) is 14.7 Å². The van der Waals surface area contributed by atoms with Gasteiger partial charge in [0.15, 0.2) is 6.04 Å². The van der Waals surface area contributed by atoms with E-state index in [2.05, 4.69) is 10.3 Å². The number of aliphatic hydroxyl groups excluding tert-OH is 1. The largest absolute Gasteiger partial charge is 0.480 e. The van der Waals surface area contributed by atoms with Crippen molar-refractivity contribution < 1.29 is 24.2 Å². The highest BCUT2D eigenvalue weighted by Gasteiger charge is 2.28. The highest BCUT2D eigenvalue weighted by Crippen LogP contribution is 2.15. The number of carbonyl (C=O) groups excluding carboxylic acids is 1. The number of aromatic nitrogens is 2. The Morgan fingerprint density at radius 2 is 2.14 bits per heavy atom. The number of aryl methyl sites for hydroxylation is 1. The van der Waals surface area contributed by atoms with Crippen LogP contribution in [0.5, 0.6) is 0 Å². The van der Waals surface area contributed by atoms with Crippen molar-refractivity contribution in [3.63, 3.8) is 0 Å². The molecular weight excluding hydrogens is 293 g/mol. The molecule has 0 bridgehead atoms. The van der Waals surface area contributed by atoms with Gasteiger partial charge in [-0.05, 0) is 25.5 Å². The van der Waals surface area contributed by atoms with E-state index in [4.69, 9.17) is 5.11 Å². The van der Waals surface area contributed by atoms with E-state index in [1.54, 1.807) is 6.92 Å². The van der Waals surface area contributed by atoms with E-state index in [0.29, 0.717) is 17.8 Å². The summed E-state index contributed by atoms with van der Waals surface area (Å²) in [5.41, 5.74) is 0.856. The topological polar surface area (TPSA) is 104 Å². The van der Waals surface area contributed by atoms with Crippen LogP contribution in [-0.2, 0) is 11.2 Å². The van der Waals surface area contributed by atoms with Gasteiger partial charge < -0.3 is 15.5 Å². The standard InChI is InChI=1S/C14H16FN3O4/c1-3-9-12(13(20)17-11(7(2)19)14(21)22)18-6-8(15)4-5-10(18)16-9/h4-7,11,19H,3H2,1-2H3,(H,17,20)(H,21,22). The van der Waals surface area contributed by atoms with Crippen LogP contribution in [0.15, 0.2) is 18.3 Å². The molecule has 2 heterocycles. The molecule has 0 spiro atoms. The van der Waals surface area contributed by atoms with Crippen LogP contribution >= 0.6 is 0 Å². The Labute approximate surface area is 125 Å². The molecule has 22 heavy (non-hydrogen) atoms. The summed E-state index contributed by atoms with van der Waals surface area (Å²) in [4.78, 5) is 27.6. The van der Waals surface area contributed by atoms with Crippen molar-refractivity contribution in [2.45, 2.75) is 32.4 Å². The molecule has 0 radical (unpaired) electrons. The Morgan fingerprint density at radius 3 is 2.68 bits per heavy atom. The van der Waals surface area contributed by atoms with Gasteiger partial charge in [0, 0.05) is 6.20 Å². The Hall–Kier alpha value is -2.48. The van der Waals surface area contributed by atoms with Gasteiger partial charge in [-0.15, -0.1) is 0 Å². The molecule has 2 rings (SSSR count). The van der Waals surface area contributed by atoms with Crippen LogP contribution in [-0.4, -0.2) is 43.6 Å². The van der Waals surface area contributed by atoms with Crippen LogP contribution in [0.25, 0.3) is 5.65 Å². The Bertz CT molecular complexity index is 726. The molecular formula is C14H16FN3O4. The van der Waals surface area contributed by atoms with Crippen LogP contribution in [0, 0.1) is 5.82 Å². The number of hydrogen-bond acceptors (Lipinski definition) is 4. The zero-order valence-corrected chi connectivity index (χ0v) is 12.1. The smallest absolute Gasteiger partial charge is 0.328 e. The van der Waals surface area contributed by atoms with Crippen LogP contribution in [0.3, 0.4) is 0 Å². The van der Waals surface area contributed by atoms with Gasteiger partial charge in [-0.2, -0.15) is 0 Å². The number of aliphatic carboxylic acids is 1. The fraction of sp³-hybridized carbons (Fsp3) is 0.357. The quantitative estimate of drug-likeness (QED) is 0.750. The lowest BCUT2D eigenvalue weighted by atomic mass is 10.1. The first-order valence-electron chi connectivity index (χ1n) is 6.73. The number of carboxylic acids is 1. The molecule has 0 aliphatic rings. The van der Waals surface area contributed by atoms with E-state index >= 15 is 0 Å². The van der Waals surface area contributed by atoms with Crippen molar-refractivity contribution in [3.05, 3.63) is 35.5 Å². The van der Waals surface area contributed by atoms with E-state index in [1.807, 2.05) is 0 Å². The van der Waals surface area contributed by atoms with Gasteiger partial charge in [0.1, 0.15) is 17.2 Å². The van der Waals surface area contributed by atoms with Gasteiger partial charge in [-0.25, -0.2) is 14.2 Å².